The van der Waals surface area contributed by atoms with Crippen molar-refractivity contribution < 1.29 is 14.2 Å². The van der Waals surface area contributed by atoms with Gasteiger partial charge in [0.1, 0.15) is 0 Å². The molecule has 3 nitrogen and oxygen atoms in total. The van der Waals surface area contributed by atoms with Crippen molar-refractivity contribution in [1.82, 2.24) is 0 Å². The Morgan fingerprint density at radius 1 is 0.415 bits per heavy atom. The Balaban J connectivity index is 0.000000567. The molecule has 0 aromatic heterocycles. The fourth-order valence-corrected chi connectivity index (χ4v) is 2.90. The SMILES string of the molecule is C=CCOCC=Cc1ccccc1.C=CCOCC=Cc1ccccc1.C=CCOCC=Cc1ccccc1.CC. The molecule has 0 radical (unpaired) electrons. The summed E-state index contributed by atoms with van der Waals surface area (Å²) >= 11 is 0. The Morgan fingerprint density at radius 2 is 0.659 bits per heavy atom. The van der Waals surface area contributed by atoms with E-state index in [1.54, 1.807) is 18.2 Å². The van der Waals surface area contributed by atoms with Crippen molar-refractivity contribution >= 4 is 18.2 Å². The number of rotatable bonds is 15. The van der Waals surface area contributed by atoms with E-state index in [1.807, 2.05) is 105 Å². The normalized spacial score (nSPS) is 10.1. The maximum Gasteiger partial charge on any atom is 0.0654 e. The van der Waals surface area contributed by atoms with Crippen molar-refractivity contribution in [1.29, 1.82) is 0 Å². The third-order valence-electron chi connectivity index (χ3n) is 4.68. The maximum atomic E-state index is 5.20. The van der Waals surface area contributed by atoms with Gasteiger partial charge in [-0.3, -0.25) is 0 Å². The Labute approximate surface area is 249 Å². The van der Waals surface area contributed by atoms with Crippen LogP contribution in [0.15, 0.2) is 147 Å². The molecule has 0 heterocycles. The lowest BCUT2D eigenvalue weighted by atomic mass is 10.2. The highest BCUT2D eigenvalue weighted by Crippen LogP contribution is 2.02. The molecule has 0 atom stereocenters. The first-order chi connectivity index (χ1) is 20.3. The summed E-state index contributed by atoms with van der Waals surface area (Å²) in [5.74, 6) is 0. The van der Waals surface area contributed by atoms with E-state index in [2.05, 4.69) is 56.1 Å². The minimum absolute atomic E-state index is 0.610. The Hall–Kier alpha value is -4.02. The molecule has 0 spiro atoms. The average molecular weight is 553 g/mol. The molecule has 0 N–H and O–H groups in total. The molecule has 3 aromatic carbocycles. The minimum Gasteiger partial charge on any atom is -0.373 e. The molecule has 0 saturated heterocycles. The first kappa shape index (κ1) is 37.0. The van der Waals surface area contributed by atoms with E-state index in [1.165, 1.54) is 16.7 Å². The minimum atomic E-state index is 0.610. The molecular weight excluding hydrogens is 504 g/mol. The van der Waals surface area contributed by atoms with Crippen LogP contribution in [0.5, 0.6) is 0 Å². The van der Waals surface area contributed by atoms with Crippen LogP contribution in [0.4, 0.5) is 0 Å². The van der Waals surface area contributed by atoms with Gasteiger partial charge in [-0.15, -0.1) is 19.7 Å². The lowest BCUT2D eigenvalue weighted by Crippen LogP contribution is -1.88. The van der Waals surface area contributed by atoms with Gasteiger partial charge in [-0.05, 0) is 16.7 Å². The topological polar surface area (TPSA) is 27.7 Å². The zero-order chi connectivity index (χ0) is 30.1. The van der Waals surface area contributed by atoms with Gasteiger partial charge in [-0.2, -0.15) is 0 Å². The van der Waals surface area contributed by atoms with Crippen molar-refractivity contribution in [2.45, 2.75) is 13.8 Å². The molecule has 3 heteroatoms. The highest BCUT2D eigenvalue weighted by molar-refractivity contribution is 5.49. The van der Waals surface area contributed by atoms with Crippen molar-refractivity contribution in [2.24, 2.45) is 0 Å². The molecule has 0 aliphatic heterocycles. The van der Waals surface area contributed by atoms with E-state index >= 15 is 0 Å². The molecular formula is C38H48O3. The molecule has 0 bridgehead atoms. The van der Waals surface area contributed by atoms with Crippen LogP contribution in [0.25, 0.3) is 18.2 Å². The van der Waals surface area contributed by atoms with Gasteiger partial charge in [0.25, 0.3) is 0 Å². The van der Waals surface area contributed by atoms with Gasteiger partial charge in [-0.25, -0.2) is 0 Å². The van der Waals surface area contributed by atoms with E-state index < -0.39 is 0 Å². The maximum absolute atomic E-state index is 5.20. The van der Waals surface area contributed by atoms with Gasteiger partial charge < -0.3 is 14.2 Å². The first-order valence-electron chi connectivity index (χ1n) is 14.0. The molecule has 3 rings (SSSR count). The highest BCUT2D eigenvalue weighted by atomic mass is 16.5. The zero-order valence-electron chi connectivity index (χ0n) is 24.9. The Bertz CT molecular complexity index is 927. The second kappa shape index (κ2) is 30.5. The number of hydrogen-bond donors (Lipinski definition) is 0. The van der Waals surface area contributed by atoms with Gasteiger partial charge >= 0.3 is 0 Å². The second-order valence-electron chi connectivity index (χ2n) is 7.92. The molecule has 218 valence electrons. The van der Waals surface area contributed by atoms with Crippen LogP contribution in [0.1, 0.15) is 30.5 Å². The summed E-state index contributed by atoms with van der Waals surface area (Å²) in [6.45, 7) is 18.5. The van der Waals surface area contributed by atoms with Crippen LogP contribution in [-0.4, -0.2) is 39.6 Å². The van der Waals surface area contributed by atoms with Crippen LogP contribution in [0.3, 0.4) is 0 Å². The summed E-state index contributed by atoms with van der Waals surface area (Å²) in [4.78, 5) is 0. The zero-order valence-corrected chi connectivity index (χ0v) is 24.9. The summed E-state index contributed by atoms with van der Waals surface area (Å²) < 4.78 is 15.6. The third kappa shape index (κ3) is 24.7. The number of ether oxygens (including phenoxy) is 3. The van der Waals surface area contributed by atoms with Gasteiger partial charge in [0, 0.05) is 0 Å². The fraction of sp³-hybridized carbons (Fsp3) is 0.211. The van der Waals surface area contributed by atoms with E-state index in [4.69, 9.17) is 14.2 Å². The van der Waals surface area contributed by atoms with E-state index in [9.17, 15) is 0 Å². The average Bonchev–Trinajstić information content (AvgIpc) is 3.04. The van der Waals surface area contributed by atoms with Crippen molar-refractivity contribution in [3.8, 4) is 0 Å². The molecule has 0 fully saturated rings. The Morgan fingerprint density at radius 3 is 0.878 bits per heavy atom. The Kier molecular flexibility index (Phi) is 27.5. The lowest BCUT2D eigenvalue weighted by Gasteiger charge is -1.94. The number of benzene rings is 3. The molecule has 0 unspecified atom stereocenters. The monoisotopic (exact) mass is 552 g/mol. The molecule has 41 heavy (non-hydrogen) atoms. The summed E-state index contributed by atoms with van der Waals surface area (Å²) in [5.41, 5.74) is 3.60. The molecule has 0 amide bonds. The van der Waals surface area contributed by atoms with E-state index in [-0.39, 0.29) is 0 Å². The molecule has 0 aliphatic rings. The van der Waals surface area contributed by atoms with Crippen molar-refractivity contribution in [3.05, 3.63) is 164 Å². The van der Waals surface area contributed by atoms with Gasteiger partial charge in [0.15, 0.2) is 0 Å². The lowest BCUT2D eigenvalue weighted by molar-refractivity contribution is 0.194. The van der Waals surface area contributed by atoms with E-state index in [0.29, 0.717) is 39.6 Å². The largest absolute Gasteiger partial charge is 0.373 e. The first-order valence-corrected chi connectivity index (χ1v) is 14.0. The van der Waals surface area contributed by atoms with Crippen molar-refractivity contribution in [3.63, 3.8) is 0 Å². The van der Waals surface area contributed by atoms with E-state index in [0.717, 1.165) is 0 Å². The van der Waals surface area contributed by atoms with Crippen LogP contribution < -0.4 is 0 Å². The second-order valence-corrected chi connectivity index (χ2v) is 7.92. The predicted octanol–water partition coefficient (Wildman–Crippen LogP) is 9.73. The highest BCUT2D eigenvalue weighted by Gasteiger charge is 1.84. The van der Waals surface area contributed by atoms with Gasteiger partial charge in [0.2, 0.25) is 0 Å². The third-order valence-corrected chi connectivity index (χ3v) is 4.68. The predicted molar refractivity (Wildman–Crippen MR) is 181 cm³/mol. The molecule has 3 aromatic rings. The summed E-state index contributed by atoms with van der Waals surface area (Å²) in [6.07, 6.45) is 17.4. The smallest absolute Gasteiger partial charge is 0.0654 e. The quantitative estimate of drug-likeness (QED) is 0.139. The van der Waals surface area contributed by atoms with Crippen LogP contribution >= 0.6 is 0 Å². The molecule has 0 aliphatic carbocycles. The fourth-order valence-electron chi connectivity index (χ4n) is 2.90. The standard InChI is InChI=1S/3C12H14O.C2H6/c3*1-2-10-13-11-6-9-12-7-4-3-5-8-12;1-2/h3*2-9H,1,10-11H2;1-2H3. The van der Waals surface area contributed by atoms with Crippen LogP contribution in [0.2, 0.25) is 0 Å². The number of hydrogen-bond acceptors (Lipinski definition) is 3. The van der Waals surface area contributed by atoms with Crippen molar-refractivity contribution in [2.75, 3.05) is 39.6 Å². The van der Waals surface area contributed by atoms with Gasteiger partial charge in [0.05, 0.1) is 39.6 Å². The summed E-state index contributed by atoms with van der Waals surface area (Å²) in [6, 6.07) is 30.5. The molecule has 0 saturated carbocycles. The van der Waals surface area contributed by atoms with Gasteiger partial charge in [-0.1, -0.05) is 160 Å². The summed E-state index contributed by atoms with van der Waals surface area (Å²) in [5, 5.41) is 0. The van der Waals surface area contributed by atoms with Crippen LogP contribution in [0, 0.1) is 0 Å². The van der Waals surface area contributed by atoms with Crippen LogP contribution in [-0.2, 0) is 14.2 Å². The summed E-state index contributed by atoms with van der Waals surface area (Å²) in [7, 11) is 0.